The van der Waals surface area contributed by atoms with Gasteiger partial charge in [-0.05, 0) is 72.5 Å². The summed E-state index contributed by atoms with van der Waals surface area (Å²) < 4.78 is 32.4. The first-order valence-corrected chi connectivity index (χ1v) is 15.4. The van der Waals surface area contributed by atoms with Crippen LogP contribution in [0.5, 0.6) is 0 Å². The van der Waals surface area contributed by atoms with E-state index in [1.165, 1.54) is 12.1 Å². The number of carbonyl (C=O) groups excluding carboxylic acids is 2. The molecular weight excluding hydrogens is 587 g/mol. The molecular formula is C29H30Cl2N4O5S. The molecule has 12 heteroatoms. The van der Waals surface area contributed by atoms with Crippen LogP contribution < -0.4 is 17.2 Å². The number of sulfonamides is 1. The van der Waals surface area contributed by atoms with E-state index in [0.717, 1.165) is 21.7 Å². The van der Waals surface area contributed by atoms with Crippen molar-refractivity contribution in [2.75, 3.05) is 18.5 Å². The molecule has 4 rings (SSSR count). The van der Waals surface area contributed by atoms with Gasteiger partial charge in [0.1, 0.15) is 11.6 Å². The van der Waals surface area contributed by atoms with Crippen LogP contribution in [-0.2, 0) is 21.4 Å². The van der Waals surface area contributed by atoms with Gasteiger partial charge in [0.15, 0.2) is 5.76 Å². The summed E-state index contributed by atoms with van der Waals surface area (Å²) in [5.74, 6) is -1.22. The molecule has 0 spiro atoms. The van der Waals surface area contributed by atoms with Gasteiger partial charge in [0.05, 0.1) is 17.0 Å². The Morgan fingerprint density at radius 1 is 1.00 bits per heavy atom. The van der Waals surface area contributed by atoms with Crippen LogP contribution in [0, 0.1) is 0 Å². The summed E-state index contributed by atoms with van der Waals surface area (Å²) >= 11 is 12.2. The van der Waals surface area contributed by atoms with Crippen LogP contribution in [0.1, 0.15) is 40.9 Å². The zero-order chi connectivity index (χ0) is 29.9. The summed E-state index contributed by atoms with van der Waals surface area (Å²) in [6.45, 7) is 0.391. The third kappa shape index (κ3) is 6.91. The van der Waals surface area contributed by atoms with Crippen molar-refractivity contribution in [1.82, 2.24) is 4.31 Å². The molecule has 4 aromatic rings. The van der Waals surface area contributed by atoms with Gasteiger partial charge in [-0.15, -0.1) is 0 Å². The molecule has 1 atom stereocenters. The van der Waals surface area contributed by atoms with Gasteiger partial charge < -0.3 is 21.6 Å². The van der Waals surface area contributed by atoms with Gasteiger partial charge >= 0.3 is 0 Å². The van der Waals surface area contributed by atoms with E-state index in [0.29, 0.717) is 40.9 Å². The summed E-state index contributed by atoms with van der Waals surface area (Å²) in [5, 5.41) is 1.14. The number of primary amides is 1. The Kier molecular flexibility index (Phi) is 9.41. The van der Waals surface area contributed by atoms with Crippen molar-refractivity contribution in [1.29, 1.82) is 0 Å². The second kappa shape index (κ2) is 12.6. The molecule has 216 valence electrons. The summed E-state index contributed by atoms with van der Waals surface area (Å²) in [5.41, 5.74) is 20.4. The first-order chi connectivity index (χ1) is 19.4. The second-order valence-electron chi connectivity index (χ2n) is 9.72. The molecule has 0 bridgehead atoms. The van der Waals surface area contributed by atoms with Crippen molar-refractivity contribution in [2.45, 2.75) is 31.8 Å². The van der Waals surface area contributed by atoms with Crippen LogP contribution >= 0.6 is 23.2 Å². The SMILES string of the molecule is CS(=O)(=O)N(Cc1cccc(-c2ccc3c(N)c(C(=O)c4ccc(Cl)cc4Cl)oc3c2)c1)[C@@H](CCCCN)C(N)=O. The van der Waals surface area contributed by atoms with Gasteiger partial charge in [0.2, 0.25) is 21.7 Å². The maximum absolute atomic E-state index is 13.1. The standard InChI is InChI=1S/C29H30Cl2N4O5S/c1-41(38,39)35(24(29(34)37)7-2-3-12-32)16-17-5-4-6-18(13-17)19-8-10-22-25(14-19)40-28(26(22)33)27(36)21-11-9-20(30)15-23(21)31/h4-6,8-11,13-15,24H,2-3,7,12,16,32-33H2,1H3,(H2,34,37)/t24-/m0/s1. The highest BCUT2D eigenvalue weighted by molar-refractivity contribution is 7.88. The quantitative estimate of drug-likeness (QED) is 0.149. The Balaban J connectivity index is 1.65. The highest BCUT2D eigenvalue weighted by atomic mass is 35.5. The van der Waals surface area contributed by atoms with Crippen LogP contribution in [0.4, 0.5) is 5.69 Å². The molecule has 1 heterocycles. The minimum absolute atomic E-state index is 0.0361. The molecule has 1 aromatic heterocycles. The fraction of sp³-hybridized carbons (Fsp3) is 0.241. The van der Waals surface area contributed by atoms with Gasteiger partial charge in [-0.2, -0.15) is 4.31 Å². The molecule has 0 aliphatic rings. The molecule has 0 aliphatic heterocycles. The summed E-state index contributed by atoms with van der Waals surface area (Å²) in [7, 11) is -3.77. The Labute approximate surface area is 248 Å². The molecule has 0 fully saturated rings. The maximum Gasteiger partial charge on any atom is 0.235 e. The zero-order valence-corrected chi connectivity index (χ0v) is 24.6. The lowest BCUT2D eigenvalue weighted by Crippen LogP contribution is -2.47. The fourth-order valence-electron chi connectivity index (χ4n) is 4.66. The summed E-state index contributed by atoms with van der Waals surface area (Å²) in [6.07, 6.45) is 2.55. The van der Waals surface area contributed by atoms with E-state index in [2.05, 4.69) is 0 Å². The number of nitrogens with two attached hydrogens (primary N) is 3. The lowest BCUT2D eigenvalue weighted by Gasteiger charge is -2.27. The second-order valence-corrected chi connectivity index (χ2v) is 12.5. The monoisotopic (exact) mass is 616 g/mol. The van der Waals surface area contributed by atoms with E-state index in [1.54, 1.807) is 30.3 Å². The molecule has 0 saturated heterocycles. The number of rotatable bonds is 12. The molecule has 0 radical (unpaired) electrons. The smallest absolute Gasteiger partial charge is 0.235 e. The highest BCUT2D eigenvalue weighted by Gasteiger charge is 2.31. The number of halogens is 2. The predicted molar refractivity (Wildman–Crippen MR) is 162 cm³/mol. The minimum atomic E-state index is -3.77. The van der Waals surface area contributed by atoms with Crippen LogP contribution in [0.3, 0.4) is 0 Å². The topological polar surface area (TPSA) is 163 Å². The van der Waals surface area contributed by atoms with Gasteiger partial charge in [0, 0.05) is 22.5 Å². The summed E-state index contributed by atoms with van der Waals surface area (Å²) in [6, 6.07) is 16.1. The van der Waals surface area contributed by atoms with Crippen molar-refractivity contribution >= 4 is 61.6 Å². The number of benzene rings is 3. The van der Waals surface area contributed by atoms with Crippen LogP contribution in [0.25, 0.3) is 22.1 Å². The number of anilines is 1. The molecule has 0 saturated carbocycles. The fourth-order valence-corrected chi connectivity index (χ4v) is 6.21. The predicted octanol–water partition coefficient (Wildman–Crippen LogP) is 4.96. The molecule has 6 N–H and O–H groups in total. The number of unbranched alkanes of at least 4 members (excludes halogenated alkanes) is 1. The van der Waals surface area contributed by atoms with Crippen LogP contribution in [0.15, 0.2) is 65.1 Å². The maximum atomic E-state index is 13.1. The van der Waals surface area contributed by atoms with E-state index in [1.807, 2.05) is 18.2 Å². The normalized spacial score (nSPS) is 12.6. The van der Waals surface area contributed by atoms with E-state index < -0.39 is 27.8 Å². The zero-order valence-electron chi connectivity index (χ0n) is 22.3. The van der Waals surface area contributed by atoms with Crippen molar-refractivity contribution in [3.05, 3.63) is 87.6 Å². The number of amides is 1. The van der Waals surface area contributed by atoms with Crippen LogP contribution in [0.2, 0.25) is 10.0 Å². The lowest BCUT2D eigenvalue weighted by atomic mass is 10.0. The molecule has 3 aromatic carbocycles. The van der Waals surface area contributed by atoms with Gasteiger partial charge in [-0.25, -0.2) is 8.42 Å². The number of nitrogen functional groups attached to an aromatic ring is 1. The third-order valence-corrected chi connectivity index (χ3v) is 8.53. The van der Waals surface area contributed by atoms with E-state index in [-0.39, 0.29) is 35.0 Å². The van der Waals surface area contributed by atoms with E-state index in [9.17, 15) is 18.0 Å². The Hall–Kier alpha value is -3.41. The van der Waals surface area contributed by atoms with Crippen molar-refractivity contribution in [3.63, 3.8) is 0 Å². The summed E-state index contributed by atoms with van der Waals surface area (Å²) in [4.78, 5) is 25.4. The highest BCUT2D eigenvalue weighted by Crippen LogP contribution is 2.35. The number of fused-ring (bicyclic) bond motifs is 1. The number of furan rings is 1. The largest absolute Gasteiger partial charge is 0.450 e. The Morgan fingerprint density at radius 3 is 2.39 bits per heavy atom. The molecule has 9 nitrogen and oxygen atoms in total. The lowest BCUT2D eigenvalue weighted by molar-refractivity contribution is -0.122. The molecule has 0 unspecified atom stereocenters. The average molecular weight is 618 g/mol. The Bertz CT molecular complexity index is 1720. The number of hydrogen-bond donors (Lipinski definition) is 3. The average Bonchev–Trinajstić information content (AvgIpc) is 3.25. The van der Waals surface area contributed by atoms with Crippen molar-refractivity contribution in [3.8, 4) is 11.1 Å². The first-order valence-electron chi connectivity index (χ1n) is 12.8. The van der Waals surface area contributed by atoms with Gasteiger partial charge in [0.25, 0.3) is 0 Å². The van der Waals surface area contributed by atoms with E-state index >= 15 is 0 Å². The van der Waals surface area contributed by atoms with Crippen LogP contribution in [-0.4, -0.2) is 43.3 Å². The molecule has 0 aliphatic carbocycles. The van der Waals surface area contributed by atoms with Crippen molar-refractivity contribution in [2.24, 2.45) is 11.5 Å². The first kappa shape index (κ1) is 30.5. The van der Waals surface area contributed by atoms with E-state index in [4.69, 9.17) is 44.8 Å². The number of hydrogen-bond acceptors (Lipinski definition) is 7. The van der Waals surface area contributed by atoms with Crippen molar-refractivity contribution < 1.29 is 22.4 Å². The number of nitrogens with zero attached hydrogens (tertiary/aromatic N) is 1. The van der Waals surface area contributed by atoms with Gasteiger partial charge in [-0.1, -0.05) is 53.9 Å². The number of carbonyl (C=O) groups is 2. The Morgan fingerprint density at radius 2 is 1.73 bits per heavy atom. The molecule has 1 amide bonds. The molecule has 41 heavy (non-hydrogen) atoms. The van der Waals surface area contributed by atoms with Gasteiger partial charge in [-0.3, -0.25) is 9.59 Å². The third-order valence-electron chi connectivity index (χ3n) is 6.74. The number of ketones is 1. The minimum Gasteiger partial charge on any atom is -0.450 e.